The van der Waals surface area contributed by atoms with Crippen LogP contribution in [0.25, 0.3) is 0 Å². The summed E-state index contributed by atoms with van der Waals surface area (Å²) in [6, 6.07) is 9.14. The zero-order valence-corrected chi connectivity index (χ0v) is 14.8. The maximum atomic E-state index is 12.2. The van der Waals surface area contributed by atoms with Crippen LogP contribution in [0.4, 0.5) is 0 Å². The van der Waals surface area contributed by atoms with E-state index in [0.717, 1.165) is 23.6 Å². The van der Waals surface area contributed by atoms with Crippen molar-refractivity contribution >= 4 is 36.0 Å². The van der Waals surface area contributed by atoms with Crippen molar-refractivity contribution in [3.05, 3.63) is 35.9 Å². The van der Waals surface area contributed by atoms with Crippen molar-refractivity contribution in [1.29, 1.82) is 0 Å². The minimum atomic E-state index is -0.642. The Bertz CT molecular complexity index is 495. The fourth-order valence-corrected chi connectivity index (χ4v) is 3.36. The Morgan fingerprint density at radius 3 is 2.74 bits per heavy atom. The Hall–Kier alpha value is -1.24. The number of nitrogens with one attached hydrogen (secondary N) is 2. The highest BCUT2D eigenvalue weighted by Gasteiger charge is 2.24. The fraction of sp³-hybridized carbons (Fsp3) is 0.500. The van der Waals surface area contributed by atoms with E-state index in [1.54, 1.807) is 0 Å². The molecule has 1 aliphatic heterocycles. The van der Waals surface area contributed by atoms with Gasteiger partial charge >= 0.3 is 5.97 Å². The van der Waals surface area contributed by atoms with E-state index in [2.05, 4.69) is 10.6 Å². The van der Waals surface area contributed by atoms with Gasteiger partial charge in [-0.05, 0) is 5.56 Å². The molecule has 0 aliphatic carbocycles. The van der Waals surface area contributed by atoms with E-state index >= 15 is 0 Å². The summed E-state index contributed by atoms with van der Waals surface area (Å²) in [5, 5.41) is 6.12. The Kier molecular flexibility index (Phi) is 9.06. The highest BCUT2D eigenvalue weighted by atomic mass is 35.5. The van der Waals surface area contributed by atoms with E-state index in [0.29, 0.717) is 12.8 Å². The van der Waals surface area contributed by atoms with Gasteiger partial charge in [0.2, 0.25) is 5.91 Å². The average Bonchev–Trinajstić information content (AvgIpc) is 2.55. The number of hydrogen-bond donors (Lipinski definition) is 2. The third kappa shape index (κ3) is 6.81. The van der Waals surface area contributed by atoms with Crippen LogP contribution in [-0.4, -0.2) is 49.1 Å². The summed E-state index contributed by atoms with van der Waals surface area (Å²) in [4.78, 5) is 24.1. The predicted molar refractivity (Wildman–Crippen MR) is 95.1 cm³/mol. The summed E-state index contributed by atoms with van der Waals surface area (Å²) in [6.45, 7) is 0.924. The van der Waals surface area contributed by atoms with Crippen LogP contribution >= 0.6 is 24.2 Å². The first kappa shape index (κ1) is 19.8. The van der Waals surface area contributed by atoms with E-state index in [9.17, 15) is 9.59 Å². The van der Waals surface area contributed by atoms with Crippen molar-refractivity contribution in [3.8, 4) is 0 Å². The smallest absolute Gasteiger partial charge is 0.328 e. The lowest BCUT2D eigenvalue weighted by molar-refractivity contribution is -0.145. The molecule has 7 heteroatoms. The molecule has 1 amide bonds. The van der Waals surface area contributed by atoms with E-state index in [-0.39, 0.29) is 24.4 Å². The molecule has 2 rings (SSSR count). The van der Waals surface area contributed by atoms with Gasteiger partial charge in [-0.15, -0.1) is 12.4 Å². The summed E-state index contributed by atoms with van der Waals surface area (Å²) in [5.41, 5.74) is 0.990. The molecule has 1 aliphatic rings. The topological polar surface area (TPSA) is 67.4 Å². The quantitative estimate of drug-likeness (QED) is 0.752. The lowest BCUT2D eigenvalue weighted by Gasteiger charge is -2.24. The van der Waals surface area contributed by atoms with Gasteiger partial charge in [-0.3, -0.25) is 4.79 Å². The molecular weight excluding hydrogens is 336 g/mol. The molecule has 5 nitrogen and oxygen atoms in total. The zero-order valence-electron chi connectivity index (χ0n) is 13.1. The number of rotatable bonds is 6. The number of hydrogen-bond acceptors (Lipinski definition) is 5. The SMILES string of the molecule is COC(=O)C(Cc1ccccc1)NC(=O)CC1CSCCN1.Cl. The number of methoxy groups -OCH3 is 1. The minimum Gasteiger partial charge on any atom is -0.467 e. The highest BCUT2D eigenvalue weighted by molar-refractivity contribution is 7.99. The first-order valence-corrected chi connectivity index (χ1v) is 8.56. The largest absolute Gasteiger partial charge is 0.467 e. The third-order valence-electron chi connectivity index (χ3n) is 3.53. The molecule has 1 heterocycles. The van der Waals surface area contributed by atoms with Crippen molar-refractivity contribution in [3.63, 3.8) is 0 Å². The number of halogens is 1. The average molecular weight is 359 g/mol. The standard InChI is InChI=1S/C16H22N2O3S.ClH/c1-21-16(20)14(9-12-5-3-2-4-6-12)18-15(19)10-13-11-22-8-7-17-13;/h2-6,13-14,17H,7-11H2,1H3,(H,18,19);1H. The molecule has 23 heavy (non-hydrogen) atoms. The van der Waals surface area contributed by atoms with Crippen LogP contribution < -0.4 is 10.6 Å². The predicted octanol–water partition coefficient (Wildman–Crippen LogP) is 1.40. The fourth-order valence-electron chi connectivity index (χ4n) is 2.41. The molecule has 128 valence electrons. The van der Waals surface area contributed by atoms with Crippen LogP contribution in [0.15, 0.2) is 30.3 Å². The van der Waals surface area contributed by atoms with Crippen molar-refractivity contribution < 1.29 is 14.3 Å². The second-order valence-electron chi connectivity index (χ2n) is 5.26. The molecule has 1 aromatic carbocycles. The van der Waals surface area contributed by atoms with Crippen LogP contribution in [0.2, 0.25) is 0 Å². The lowest BCUT2D eigenvalue weighted by atomic mass is 10.1. The van der Waals surface area contributed by atoms with Gasteiger partial charge in [-0.2, -0.15) is 11.8 Å². The number of thioether (sulfide) groups is 1. The van der Waals surface area contributed by atoms with Gasteiger partial charge in [-0.25, -0.2) is 4.79 Å². The second kappa shape index (κ2) is 10.5. The Balaban J connectivity index is 0.00000264. The number of carbonyl (C=O) groups is 2. The molecule has 2 N–H and O–H groups in total. The molecule has 1 saturated heterocycles. The zero-order chi connectivity index (χ0) is 15.8. The van der Waals surface area contributed by atoms with E-state index in [4.69, 9.17) is 4.74 Å². The number of amides is 1. The maximum Gasteiger partial charge on any atom is 0.328 e. The summed E-state index contributed by atoms with van der Waals surface area (Å²) in [5.74, 6) is 1.47. The molecule has 1 aromatic rings. The first-order valence-electron chi connectivity index (χ1n) is 7.41. The van der Waals surface area contributed by atoms with Gasteiger partial charge in [0.15, 0.2) is 0 Å². The van der Waals surface area contributed by atoms with Gasteiger partial charge in [0.05, 0.1) is 7.11 Å². The normalized spacial score (nSPS) is 18.4. The Morgan fingerprint density at radius 2 is 2.13 bits per heavy atom. The van der Waals surface area contributed by atoms with Crippen LogP contribution in [0.5, 0.6) is 0 Å². The first-order chi connectivity index (χ1) is 10.7. The van der Waals surface area contributed by atoms with E-state index in [1.165, 1.54) is 7.11 Å². The molecule has 0 spiro atoms. The van der Waals surface area contributed by atoms with Crippen molar-refractivity contribution in [2.45, 2.75) is 24.9 Å². The molecule has 2 unspecified atom stereocenters. The molecular formula is C16H23ClN2O3S. The van der Waals surface area contributed by atoms with E-state index < -0.39 is 12.0 Å². The Labute approximate surface area is 147 Å². The number of ether oxygens (including phenoxy) is 1. The van der Waals surface area contributed by atoms with E-state index in [1.807, 2.05) is 42.1 Å². The van der Waals surface area contributed by atoms with Crippen LogP contribution in [-0.2, 0) is 20.7 Å². The van der Waals surface area contributed by atoms with Crippen molar-refractivity contribution in [2.75, 3.05) is 25.2 Å². The summed E-state index contributed by atoms with van der Waals surface area (Å²) in [7, 11) is 1.34. The lowest BCUT2D eigenvalue weighted by Crippen LogP contribution is -2.47. The van der Waals surface area contributed by atoms with Gasteiger partial charge < -0.3 is 15.4 Å². The molecule has 2 atom stereocenters. The van der Waals surface area contributed by atoms with Gasteiger partial charge in [0.1, 0.15) is 6.04 Å². The Morgan fingerprint density at radius 1 is 1.39 bits per heavy atom. The van der Waals surface area contributed by atoms with Gasteiger partial charge in [0, 0.05) is 36.9 Å². The number of benzene rings is 1. The second-order valence-corrected chi connectivity index (χ2v) is 6.41. The minimum absolute atomic E-state index is 0. The van der Waals surface area contributed by atoms with Crippen LogP contribution in [0, 0.1) is 0 Å². The monoisotopic (exact) mass is 358 g/mol. The summed E-state index contributed by atoms with van der Waals surface area (Å²) < 4.78 is 4.80. The molecule has 0 saturated carbocycles. The van der Waals surface area contributed by atoms with Crippen molar-refractivity contribution in [1.82, 2.24) is 10.6 Å². The van der Waals surface area contributed by atoms with Crippen molar-refractivity contribution in [2.24, 2.45) is 0 Å². The number of carbonyl (C=O) groups excluding carboxylic acids is 2. The molecule has 0 radical (unpaired) electrons. The van der Waals surface area contributed by atoms with Gasteiger partial charge in [-0.1, -0.05) is 30.3 Å². The highest BCUT2D eigenvalue weighted by Crippen LogP contribution is 2.11. The summed E-state index contributed by atoms with van der Waals surface area (Å²) >= 11 is 1.84. The summed E-state index contributed by atoms with van der Waals surface area (Å²) in [6.07, 6.45) is 0.821. The van der Waals surface area contributed by atoms with Gasteiger partial charge in [0.25, 0.3) is 0 Å². The molecule has 1 fully saturated rings. The molecule has 0 aromatic heterocycles. The molecule has 0 bridgehead atoms. The third-order valence-corrected chi connectivity index (χ3v) is 4.66. The van der Waals surface area contributed by atoms with Crippen LogP contribution in [0.3, 0.4) is 0 Å². The number of esters is 1. The maximum absolute atomic E-state index is 12.2. The van der Waals surface area contributed by atoms with Crippen LogP contribution in [0.1, 0.15) is 12.0 Å².